The van der Waals surface area contributed by atoms with Crippen molar-refractivity contribution in [3.63, 3.8) is 0 Å². The summed E-state index contributed by atoms with van der Waals surface area (Å²) in [5, 5.41) is 4.17. The van der Waals surface area contributed by atoms with Gasteiger partial charge in [-0.1, -0.05) is 35.9 Å². The summed E-state index contributed by atoms with van der Waals surface area (Å²) in [4.78, 5) is 12.4. The van der Waals surface area contributed by atoms with Crippen molar-refractivity contribution in [1.29, 1.82) is 0 Å². The second-order valence-electron chi connectivity index (χ2n) is 5.80. The van der Waals surface area contributed by atoms with E-state index in [1.807, 2.05) is 55.7 Å². The first-order chi connectivity index (χ1) is 10.5. The third-order valence-corrected chi connectivity index (χ3v) is 3.98. The summed E-state index contributed by atoms with van der Waals surface area (Å²) in [5.74, 6) is -0.00333. The van der Waals surface area contributed by atoms with Crippen molar-refractivity contribution in [2.45, 2.75) is 27.3 Å². The van der Waals surface area contributed by atoms with Crippen LogP contribution in [0.15, 0.2) is 48.5 Å². The van der Waals surface area contributed by atoms with Gasteiger partial charge in [0.25, 0.3) is 0 Å². The number of carbonyl (C=O) groups is 1. The van der Waals surface area contributed by atoms with Gasteiger partial charge in [0.2, 0.25) is 5.91 Å². The molecule has 0 saturated heterocycles. The van der Waals surface area contributed by atoms with Gasteiger partial charge in [0.05, 0.1) is 0 Å². The van der Waals surface area contributed by atoms with Gasteiger partial charge in [0.1, 0.15) is 6.54 Å². The molecule has 3 rings (SSSR count). The molecule has 0 aliphatic heterocycles. The van der Waals surface area contributed by atoms with Crippen molar-refractivity contribution in [2.75, 3.05) is 5.32 Å². The molecule has 3 heteroatoms. The van der Waals surface area contributed by atoms with Gasteiger partial charge in [-0.25, -0.2) is 0 Å². The highest BCUT2D eigenvalue weighted by Crippen LogP contribution is 2.20. The van der Waals surface area contributed by atoms with E-state index in [1.165, 1.54) is 10.9 Å². The molecule has 1 aromatic heterocycles. The standard InChI is InChI=1S/C19H20N2O/c1-13-8-9-17(14(2)10-13)20-19(22)12-21-15(3)11-16-6-4-5-7-18(16)21/h4-11H,12H2,1-3H3,(H,20,22). The maximum atomic E-state index is 12.4. The van der Waals surface area contributed by atoms with Gasteiger partial charge in [-0.05, 0) is 49.9 Å². The molecule has 0 unspecified atom stereocenters. The second-order valence-corrected chi connectivity index (χ2v) is 5.80. The largest absolute Gasteiger partial charge is 0.335 e. The van der Waals surface area contributed by atoms with Crippen LogP contribution in [0.25, 0.3) is 10.9 Å². The first-order valence-electron chi connectivity index (χ1n) is 7.46. The number of nitrogens with one attached hydrogen (secondary N) is 1. The number of aryl methyl sites for hydroxylation is 3. The van der Waals surface area contributed by atoms with Gasteiger partial charge >= 0.3 is 0 Å². The summed E-state index contributed by atoms with van der Waals surface area (Å²) in [5.41, 5.74) is 5.35. The number of anilines is 1. The maximum Gasteiger partial charge on any atom is 0.244 e. The summed E-state index contributed by atoms with van der Waals surface area (Å²) in [6.45, 7) is 6.42. The van der Waals surface area contributed by atoms with Crippen LogP contribution in [0.5, 0.6) is 0 Å². The topological polar surface area (TPSA) is 34.0 Å². The van der Waals surface area contributed by atoms with Crippen molar-refractivity contribution < 1.29 is 4.79 Å². The Balaban J connectivity index is 1.83. The SMILES string of the molecule is Cc1ccc(NC(=O)Cn2c(C)cc3ccccc32)c(C)c1. The number of para-hydroxylation sites is 1. The number of carbonyl (C=O) groups excluding carboxylic acids is 1. The van der Waals surface area contributed by atoms with E-state index in [2.05, 4.69) is 23.5 Å². The summed E-state index contributed by atoms with van der Waals surface area (Å²) in [6.07, 6.45) is 0. The van der Waals surface area contributed by atoms with Crippen LogP contribution in [0, 0.1) is 20.8 Å². The van der Waals surface area contributed by atoms with E-state index in [4.69, 9.17) is 0 Å². The number of nitrogens with zero attached hydrogens (tertiary/aromatic N) is 1. The Bertz CT molecular complexity index is 846. The number of benzene rings is 2. The van der Waals surface area contributed by atoms with Crippen LogP contribution < -0.4 is 5.32 Å². The lowest BCUT2D eigenvalue weighted by atomic mass is 10.1. The highest BCUT2D eigenvalue weighted by atomic mass is 16.1. The van der Waals surface area contributed by atoms with Gasteiger partial charge < -0.3 is 9.88 Å². The van der Waals surface area contributed by atoms with E-state index in [0.717, 1.165) is 22.5 Å². The average molecular weight is 292 g/mol. The second kappa shape index (κ2) is 5.68. The number of hydrogen-bond acceptors (Lipinski definition) is 1. The Hall–Kier alpha value is -2.55. The smallest absolute Gasteiger partial charge is 0.244 e. The summed E-state index contributed by atoms with van der Waals surface area (Å²) >= 11 is 0. The number of rotatable bonds is 3. The fourth-order valence-corrected chi connectivity index (χ4v) is 2.85. The predicted molar refractivity (Wildman–Crippen MR) is 91.2 cm³/mol. The molecule has 112 valence electrons. The van der Waals surface area contributed by atoms with Crippen LogP contribution in [0.4, 0.5) is 5.69 Å². The number of hydrogen-bond donors (Lipinski definition) is 1. The normalized spacial score (nSPS) is 10.9. The molecule has 0 spiro atoms. The average Bonchev–Trinajstić information content (AvgIpc) is 2.78. The van der Waals surface area contributed by atoms with Gasteiger partial charge in [-0.2, -0.15) is 0 Å². The summed E-state index contributed by atoms with van der Waals surface area (Å²) in [7, 11) is 0. The minimum Gasteiger partial charge on any atom is -0.335 e. The Kier molecular flexibility index (Phi) is 3.72. The molecule has 1 N–H and O–H groups in total. The molecule has 0 fully saturated rings. The highest BCUT2D eigenvalue weighted by molar-refractivity contribution is 5.93. The molecule has 3 aromatic rings. The van der Waals surface area contributed by atoms with E-state index < -0.39 is 0 Å². The molecule has 0 aliphatic rings. The lowest BCUT2D eigenvalue weighted by Gasteiger charge is -2.11. The molecule has 0 bridgehead atoms. The van der Waals surface area contributed by atoms with Crippen molar-refractivity contribution in [1.82, 2.24) is 4.57 Å². The highest BCUT2D eigenvalue weighted by Gasteiger charge is 2.10. The molecular formula is C19H20N2O. The van der Waals surface area contributed by atoms with Crippen LogP contribution in [-0.4, -0.2) is 10.5 Å². The summed E-state index contributed by atoms with van der Waals surface area (Å²) < 4.78 is 2.05. The molecule has 1 amide bonds. The van der Waals surface area contributed by atoms with E-state index in [-0.39, 0.29) is 5.91 Å². The van der Waals surface area contributed by atoms with Crippen LogP contribution in [0.2, 0.25) is 0 Å². The van der Waals surface area contributed by atoms with Crippen molar-refractivity contribution >= 4 is 22.5 Å². The zero-order valence-electron chi connectivity index (χ0n) is 13.2. The van der Waals surface area contributed by atoms with Crippen LogP contribution in [0.1, 0.15) is 16.8 Å². The van der Waals surface area contributed by atoms with Gasteiger partial charge in [0, 0.05) is 16.9 Å². The Morgan fingerprint density at radius 2 is 1.82 bits per heavy atom. The molecule has 0 aliphatic carbocycles. The Labute approximate surface area is 130 Å². The third-order valence-electron chi connectivity index (χ3n) is 3.98. The zero-order valence-corrected chi connectivity index (χ0v) is 13.2. The maximum absolute atomic E-state index is 12.4. The van der Waals surface area contributed by atoms with Crippen molar-refractivity contribution in [3.8, 4) is 0 Å². The molecule has 2 aromatic carbocycles. The van der Waals surface area contributed by atoms with Gasteiger partial charge in [0.15, 0.2) is 0 Å². The molecule has 1 heterocycles. The lowest BCUT2D eigenvalue weighted by Crippen LogP contribution is -2.19. The summed E-state index contributed by atoms with van der Waals surface area (Å²) in [6, 6.07) is 16.3. The molecule has 3 nitrogen and oxygen atoms in total. The van der Waals surface area contributed by atoms with Gasteiger partial charge in [-0.3, -0.25) is 4.79 Å². The molecular weight excluding hydrogens is 272 g/mol. The minimum absolute atomic E-state index is 0.00333. The lowest BCUT2D eigenvalue weighted by molar-refractivity contribution is -0.116. The van der Waals surface area contributed by atoms with Crippen LogP contribution in [-0.2, 0) is 11.3 Å². The van der Waals surface area contributed by atoms with Crippen molar-refractivity contribution in [3.05, 3.63) is 65.4 Å². The van der Waals surface area contributed by atoms with Crippen LogP contribution >= 0.6 is 0 Å². The molecule has 0 radical (unpaired) electrons. The van der Waals surface area contributed by atoms with Crippen LogP contribution in [0.3, 0.4) is 0 Å². The molecule has 22 heavy (non-hydrogen) atoms. The first kappa shape index (κ1) is 14.4. The molecule has 0 saturated carbocycles. The third kappa shape index (κ3) is 2.75. The monoisotopic (exact) mass is 292 g/mol. The zero-order chi connectivity index (χ0) is 15.7. The number of amides is 1. The fourth-order valence-electron chi connectivity index (χ4n) is 2.85. The van der Waals surface area contributed by atoms with E-state index in [9.17, 15) is 4.79 Å². The molecule has 0 atom stereocenters. The van der Waals surface area contributed by atoms with E-state index >= 15 is 0 Å². The number of fused-ring (bicyclic) bond motifs is 1. The fraction of sp³-hybridized carbons (Fsp3) is 0.211. The number of aromatic nitrogens is 1. The first-order valence-corrected chi connectivity index (χ1v) is 7.46. The minimum atomic E-state index is -0.00333. The van der Waals surface area contributed by atoms with Crippen molar-refractivity contribution in [2.24, 2.45) is 0 Å². The Morgan fingerprint density at radius 3 is 2.59 bits per heavy atom. The Morgan fingerprint density at radius 1 is 1.05 bits per heavy atom. The predicted octanol–water partition coefficient (Wildman–Crippen LogP) is 4.21. The van der Waals surface area contributed by atoms with E-state index in [1.54, 1.807) is 0 Å². The quantitative estimate of drug-likeness (QED) is 0.771. The van der Waals surface area contributed by atoms with Gasteiger partial charge in [-0.15, -0.1) is 0 Å². The van der Waals surface area contributed by atoms with E-state index in [0.29, 0.717) is 6.54 Å².